The minimum absolute atomic E-state index is 0.127. The Kier molecular flexibility index (Phi) is 7.83. The second-order valence-corrected chi connectivity index (χ2v) is 9.94. The standard InChI is InChI=1S/C28H35FN4O2/c1-19(2)17-18-32(28(35)30-22-9-5-4-6-10-22)20(3)26-31-25-12-8-7-11-24(25)27(34)33(26)23-15-13-21(29)14-16-23/h7-8,11-16,19-20,22H,4-6,9-10,17-18H2,1-3H3,(H,30,35). The van der Waals surface area contributed by atoms with E-state index < -0.39 is 6.04 Å². The number of benzene rings is 2. The van der Waals surface area contributed by atoms with Crippen molar-refractivity contribution in [2.45, 2.75) is 71.4 Å². The Hall–Kier alpha value is -3.22. The molecule has 6 nitrogen and oxygen atoms in total. The molecule has 2 aromatic carbocycles. The summed E-state index contributed by atoms with van der Waals surface area (Å²) in [5.41, 5.74) is 0.864. The zero-order valence-corrected chi connectivity index (χ0v) is 20.8. The number of hydrogen-bond acceptors (Lipinski definition) is 3. The van der Waals surface area contributed by atoms with E-state index in [1.807, 2.05) is 19.1 Å². The molecule has 1 heterocycles. The van der Waals surface area contributed by atoms with E-state index in [0.717, 1.165) is 32.1 Å². The number of para-hydroxylation sites is 1. The average Bonchev–Trinajstić information content (AvgIpc) is 2.85. The summed E-state index contributed by atoms with van der Waals surface area (Å²) in [6.07, 6.45) is 6.28. The second-order valence-electron chi connectivity index (χ2n) is 9.94. The van der Waals surface area contributed by atoms with Crippen LogP contribution < -0.4 is 10.9 Å². The number of halogens is 1. The Morgan fingerprint density at radius 2 is 1.77 bits per heavy atom. The number of carbonyl (C=O) groups excluding carboxylic acids is 1. The van der Waals surface area contributed by atoms with Gasteiger partial charge in [0, 0.05) is 12.6 Å². The van der Waals surface area contributed by atoms with Crippen molar-refractivity contribution in [1.82, 2.24) is 19.8 Å². The van der Waals surface area contributed by atoms with Crippen molar-refractivity contribution in [2.75, 3.05) is 6.54 Å². The Morgan fingerprint density at radius 3 is 2.46 bits per heavy atom. The molecule has 0 spiro atoms. The Morgan fingerprint density at radius 1 is 1.09 bits per heavy atom. The highest BCUT2D eigenvalue weighted by molar-refractivity contribution is 5.78. The number of fused-ring (bicyclic) bond motifs is 1. The van der Waals surface area contributed by atoms with E-state index in [0.29, 0.717) is 34.9 Å². The Labute approximate surface area is 206 Å². The third-order valence-electron chi connectivity index (χ3n) is 6.87. The largest absolute Gasteiger partial charge is 0.335 e. The molecular formula is C28H35FN4O2. The third-order valence-corrected chi connectivity index (χ3v) is 6.87. The van der Waals surface area contributed by atoms with Crippen LogP contribution >= 0.6 is 0 Å². The van der Waals surface area contributed by atoms with Crippen molar-refractivity contribution in [2.24, 2.45) is 5.92 Å². The molecule has 186 valence electrons. The Balaban J connectivity index is 1.78. The minimum Gasteiger partial charge on any atom is -0.335 e. The molecule has 1 atom stereocenters. The van der Waals surface area contributed by atoms with E-state index >= 15 is 0 Å². The molecule has 1 saturated carbocycles. The van der Waals surface area contributed by atoms with E-state index in [1.165, 1.54) is 23.1 Å². The molecule has 0 radical (unpaired) electrons. The third kappa shape index (κ3) is 5.72. The zero-order valence-electron chi connectivity index (χ0n) is 20.8. The van der Waals surface area contributed by atoms with Gasteiger partial charge in [-0.25, -0.2) is 14.2 Å². The lowest BCUT2D eigenvalue weighted by Crippen LogP contribution is -2.48. The fourth-order valence-electron chi connectivity index (χ4n) is 4.78. The number of hydrogen-bond donors (Lipinski definition) is 1. The summed E-state index contributed by atoms with van der Waals surface area (Å²) in [5.74, 6) is 0.495. The quantitative estimate of drug-likeness (QED) is 0.454. The fourth-order valence-corrected chi connectivity index (χ4v) is 4.78. The first-order valence-corrected chi connectivity index (χ1v) is 12.7. The molecule has 1 aliphatic rings. The first-order chi connectivity index (χ1) is 16.8. The van der Waals surface area contributed by atoms with E-state index in [2.05, 4.69) is 19.2 Å². The minimum atomic E-state index is -0.473. The number of carbonyl (C=O) groups is 1. The molecule has 0 bridgehead atoms. The lowest BCUT2D eigenvalue weighted by atomic mass is 9.96. The maximum absolute atomic E-state index is 13.7. The summed E-state index contributed by atoms with van der Waals surface area (Å²) in [6, 6.07) is 12.6. The molecule has 0 saturated heterocycles. The van der Waals surface area contributed by atoms with Crippen LogP contribution in [0.4, 0.5) is 9.18 Å². The molecule has 7 heteroatoms. The van der Waals surface area contributed by atoms with E-state index in [9.17, 15) is 14.0 Å². The normalized spacial score (nSPS) is 15.3. The van der Waals surface area contributed by atoms with Gasteiger partial charge in [-0.1, -0.05) is 45.2 Å². The predicted molar refractivity (Wildman–Crippen MR) is 137 cm³/mol. The van der Waals surface area contributed by atoms with Gasteiger partial charge in [0.05, 0.1) is 22.6 Å². The summed E-state index contributed by atoms with van der Waals surface area (Å²) in [5, 5.41) is 3.71. The monoisotopic (exact) mass is 478 g/mol. The van der Waals surface area contributed by atoms with Gasteiger partial charge < -0.3 is 10.2 Å². The number of urea groups is 1. The molecule has 1 aromatic heterocycles. The number of rotatable bonds is 7. The van der Waals surface area contributed by atoms with Crippen LogP contribution in [0.15, 0.2) is 53.3 Å². The topological polar surface area (TPSA) is 67.2 Å². The molecule has 35 heavy (non-hydrogen) atoms. The van der Waals surface area contributed by atoms with Gasteiger partial charge in [0.2, 0.25) is 0 Å². The highest BCUT2D eigenvalue weighted by Crippen LogP contribution is 2.25. The van der Waals surface area contributed by atoms with Gasteiger partial charge in [0.25, 0.3) is 5.56 Å². The summed E-state index contributed by atoms with van der Waals surface area (Å²) >= 11 is 0. The summed E-state index contributed by atoms with van der Waals surface area (Å²) in [7, 11) is 0. The van der Waals surface area contributed by atoms with E-state index in [4.69, 9.17) is 4.98 Å². The molecule has 2 amide bonds. The van der Waals surface area contributed by atoms with Crippen LogP contribution in [-0.2, 0) is 0 Å². The SMILES string of the molecule is CC(C)CCN(C(=O)NC1CCCCC1)C(C)c1nc2ccccc2c(=O)n1-c1ccc(F)cc1. The number of aromatic nitrogens is 2. The van der Waals surface area contributed by atoms with Crippen LogP contribution in [0.1, 0.15) is 71.2 Å². The van der Waals surface area contributed by atoms with Gasteiger partial charge in [-0.05, 0) is 68.5 Å². The van der Waals surface area contributed by atoms with Crippen LogP contribution in [0.25, 0.3) is 16.6 Å². The zero-order chi connectivity index (χ0) is 24.9. The molecule has 1 fully saturated rings. The van der Waals surface area contributed by atoms with Crippen molar-refractivity contribution in [3.8, 4) is 5.69 Å². The lowest BCUT2D eigenvalue weighted by molar-refractivity contribution is 0.165. The summed E-state index contributed by atoms with van der Waals surface area (Å²) in [4.78, 5) is 33.8. The van der Waals surface area contributed by atoms with Gasteiger partial charge >= 0.3 is 6.03 Å². The van der Waals surface area contributed by atoms with Gasteiger partial charge in [0.1, 0.15) is 11.6 Å². The van der Waals surface area contributed by atoms with Crippen LogP contribution in [0, 0.1) is 11.7 Å². The maximum atomic E-state index is 13.7. The second kappa shape index (κ2) is 11.0. The van der Waals surface area contributed by atoms with Crippen molar-refractivity contribution < 1.29 is 9.18 Å². The lowest BCUT2D eigenvalue weighted by Gasteiger charge is -2.33. The molecular weight excluding hydrogens is 443 g/mol. The maximum Gasteiger partial charge on any atom is 0.318 e. The molecule has 1 aliphatic carbocycles. The van der Waals surface area contributed by atoms with Crippen LogP contribution in [0.5, 0.6) is 0 Å². The number of nitrogens with one attached hydrogen (secondary N) is 1. The van der Waals surface area contributed by atoms with Crippen LogP contribution in [0.3, 0.4) is 0 Å². The van der Waals surface area contributed by atoms with Crippen molar-refractivity contribution >= 4 is 16.9 Å². The average molecular weight is 479 g/mol. The summed E-state index contributed by atoms with van der Waals surface area (Å²) < 4.78 is 15.2. The number of amides is 2. The van der Waals surface area contributed by atoms with Crippen molar-refractivity contribution in [1.29, 1.82) is 0 Å². The molecule has 0 aliphatic heterocycles. The van der Waals surface area contributed by atoms with Gasteiger partial charge in [-0.15, -0.1) is 0 Å². The van der Waals surface area contributed by atoms with E-state index in [1.54, 1.807) is 29.2 Å². The summed E-state index contributed by atoms with van der Waals surface area (Å²) in [6.45, 7) is 6.72. The highest BCUT2D eigenvalue weighted by atomic mass is 19.1. The first-order valence-electron chi connectivity index (χ1n) is 12.7. The fraction of sp³-hybridized carbons (Fsp3) is 0.464. The molecule has 4 rings (SSSR count). The Bertz CT molecular complexity index is 1220. The van der Waals surface area contributed by atoms with Crippen molar-refractivity contribution in [3.63, 3.8) is 0 Å². The number of nitrogens with zero attached hydrogens (tertiary/aromatic N) is 3. The first kappa shape index (κ1) is 24.9. The van der Waals surface area contributed by atoms with E-state index in [-0.39, 0.29) is 23.4 Å². The molecule has 1 N–H and O–H groups in total. The van der Waals surface area contributed by atoms with Crippen molar-refractivity contribution in [3.05, 3.63) is 70.5 Å². The van der Waals surface area contributed by atoms with Crippen LogP contribution in [0.2, 0.25) is 0 Å². The predicted octanol–water partition coefficient (Wildman–Crippen LogP) is 5.98. The highest BCUT2D eigenvalue weighted by Gasteiger charge is 2.28. The van der Waals surface area contributed by atoms with Gasteiger partial charge in [-0.2, -0.15) is 0 Å². The van der Waals surface area contributed by atoms with Gasteiger partial charge in [0.15, 0.2) is 0 Å². The molecule has 3 aromatic rings. The van der Waals surface area contributed by atoms with Crippen LogP contribution in [-0.4, -0.2) is 33.1 Å². The smallest absolute Gasteiger partial charge is 0.318 e. The van der Waals surface area contributed by atoms with Gasteiger partial charge in [-0.3, -0.25) is 9.36 Å². The molecule has 1 unspecified atom stereocenters.